The summed E-state index contributed by atoms with van der Waals surface area (Å²) in [7, 11) is 1.89. The second-order valence-electron chi connectivity index (χ2n) is 5.13. The van der Waals surface area contributed by atoms with Crippen molar-refractivity contribution in [3.63, 3.8) is 0 Å². The van der Waals surface area contributed by atoms with E-state index in [1.165, 1.54) is 12.3 Å². The van der Waals surface area contributed by atoms with Crippen LogP contribution >= 0.6 is 0 Å². The highest BCUT2D eigenvalue weighted by Gasteiger charge is 2.31. The smallest absolute Gasteiger partial charge is 0.329 e. The van der Waals surface area contributed by atoms with E-state index in [-0.39, 0.29) is 17.3 Å². The summed E-state index contributed by atoms with van der Waals surface area (Å²) in [5.41, 5.74) is -0.0979. The number of nitro groups is 1. The maximum Gasteiger partial charge on any atom is 0.329 e. The minimum absolute atomic E-state index is 0.0722. The van der Waals surface area contributed by atoms with Crippen molar-refractivity contribution in [2.24, 2.45) is 0 Å². The summed E-state index contributed by atoms with van der Waals surface area (Å²) in [5, 5.41) is 23.5. The number of hydrogen-bond donors (Lipinski definition) is 1. The number of pyridine rings is 1. The minimum atomic E-state index is -0.495. The summed E-state index contributed by atoms with van der Waals surface area (Å²) >= 11 is 0. The van der Waals surface area contributed by atoms with Crippen molar-refractivity contribution in [2.75, 3.05) is 25.0 Å². The first-order valence-corrected chi connectivity index (χ1v) is 7.13. The average Bonchev–Trinajstić information content (AvgIpc) is 2.52. The predicted octanol–water partition coefficient (Wildman–Crippen LogP) is 1.83. The lowest BCUT2D eigenvalue weighted by Crippen LogP contribution is -2.41. The molecule has 112 valence electrons. The van der Waals surface area contributed by atoms with Crippen molar-refractivity contribution < 1.29 is 4.92 Å². The van der Waals surface area contributed by atoms with Crippen LogP contribution < -0.4 is 10.2 Å². The topological polar surface area (TPSA) is 95.1 Å². The molecule has 21 heavy (non-hydrogen) atoms. The number of nitrogens with zero attached hydrogens (tertiary/aromatic N) is 4. The van der Waals surface area contributed by atoms with Crippen molar-refractivity contribution >= 4 is 11.5 Å². The lowest BCUT2D eigenvalue weighted by atomic mass is 9.99. The third-order valence-corrected chi connectivity index (χ3v) is 3.83. The fourth-order valence-corrected chi connectivity index (χ4v) is 2.81. The van der Waals surface area contributed by atoms with Crippen molar-refractivity contribution in [2.45, 2.75) is 31.7 Å². The number of nitriles is 1. The standard InChI is InChI=1S/C14H19N5O2/c1-16-7-6-12-4-2-3-9-18(12)14-13(19(20)21)11(10-15)5-8-17-14/h5,8,12,16H,2-4,6-7,9H2,1H3. The average molecular weight is 289 g/mol. The van der Waals surface area contributed by atoms with Crippen LogP contribution in [-0.2, 0) is 0 Å². The van der Waals surface area contributed by atoms with E-state index in [4.69, 9.17) is 5.26 Å². The van der Waals surface area contributed by atoms with Gasteiger partial charge >= 0.3 is 5.69 Å². The van der Waals surface area contributed by atoms with Gasteiger partial charge in [-0.15, -0.1) is 0 Å². The molecule has 2 heterocycles. The van der Waals surface area contributed by atoms with Gasteiger partial charge in [0.15, 0.2) is 0 Å². The van der Waals surface area contributed by atoms with Crippen molar-refractivity contribution in [1.82, 2.24) is 10.3 Å². The molecule has 1 aromatic rings. The van der Waals surface area contributed by atoms with Gasteiger partial charge in [0.1, 0.15) is 11.6 Å². The van der Waals surface area contributed by atoms with Gasteiger partial charge in [0.05, 0.1) is 4.92 Å². The molecule has 0 bridgehead atoms. The van der Waals surface area contributed by atoms with Gasteiger partial charge in [0.25, 0.3) is 0 Å². The lowest BCUT2D eigenvalue weighted by Gasteiger charge is -2.36. The highest BCUT2D eigenvalue weighted by atomic mass is 16.6. The number of rotatable bonds is 5. The van der Waals surface area contributed by atoms with Crippen molar-refractivity contribution in [1.29, 1.82) is 5.26 Å². The molecule has 2 rings (SSSR count). The molecule has 1 aromatic heterocycles. The fourth-order valence-electron chi connectivity index (χ4n) is 2.81. The zero-order chi connectivity index (χ0) is 15.2. The Hall–Kier alpha value is -2.20. The monoisotopic (exact) mass is 289 g/mol. The molecule has 0 radical (unpaired) electrons. The molecule has 1 unspecified atom stereocenters. The molecule has 0 aliphatic carbocycles. The van der Waals surface area contributed by atoms with E-state index < -0.39 is 4.92 Å². The van der Waals surface area contributed by atoms with Gasteiger partial charge in [0, 0.05) is 18.8 Å². The summed E-state index contributed by atoms with van der Waals surface area (Å²) in [6.45, 7) is 1.60. The van der Waals surface area contributed by atoms with Gasteiger partial charge in [-0.25, -0.2) is 4.98 Å². The number of piperidine rings is 1. The Bertz CT molecular complexity index is 555. The maximum absolute atomic E-state index is 11.3. The largest absolute Gasteiger partial charge is 0.348 e. The molecule has 0 amide bonds. The van der Waals surface area contributed by atoms with Crippen LogP contribution in [0.1, 0.15) is 31.2 Å². The predicted molar refractivity (Wildman–Crippen MR) is 79.1 cm³/mol. The van der Waals surface area contributed by atoms with Crippen LogP contribution in [0.2, 0.25) is 0 Å². The van der Waals surface area contributed by atoms with Gasteiger partial charge in [-0.1, -0.05) is 0 Å². The molecule has 1 fully saturated rings. The van der Waals surface area contributed by atoms with Gasteiger partial charge in [-0.2, -0.15) is 5.26 Å². The summed E-state index contributed by atoms with van der Waals surface area (Å²) in [6, 6.07) is 3.52. The zero-order valence-corrected chi connectivity index (χ0v) is 12.1. The van der Waals surface area contributed by atoms with E-state index in [9.17, 15) is 10.1 Å². The number of nitrogens with one attached hydrogen (secondary N) is 1. The Morgan fingerprint density at radius 1 is 1.62 bits per heavy atom. The van der Waals surface area contributed by atoms with Crippen LogP contribution in [0.5, 0.6) is 0 Å². The van der Waals surface area contributed by atoms with Crippen molar-refractivity contribution in [3.05, 3.63) is 27.9 Å². The first-order chi connectivity index (χ1) is 10.2. The molecular weight excluding hydrogens is 270 g/mol. The molecule has 1 N–H and O–H groups in total. The molecule has 0 spiro atoms. The highest BCUT2D eigenvalue weighted by molar-refractivity contribution is 5.66. The van der Waals surface area contributed by atoms with Gasteiger partial charge in [-0.05, 0) is 45.3 Å². The Morgan fingerprint density at radius 2 is 2.43 bits per heavy atom. The Labute approximate surface area is 123 Å². The van der Waals surface area contributed by atoms with Crippen molar-refractivity contribution in [3.8, 4) is 6.07 Å². The minimum Gasteiger partial charge on any atom is -0.348 e. The van der Waals surface area contributed by atoms with E-state index in [1.807, 2.05) is 18.0 Å². The first kappa shape index (κ1) is 15.2. The van der Waals surface area contributed by atoms with E-state index in [1.54, 1.807) is 0 Å². The zero-order valence-electron chi connectivity index (χ0n) is 12.1. The second kappa shape index (κ2) is 6.99. The molecule has 1 atom stereocenters. The van der Waals surface area contributed by atoms with Crippen LogP contribution in [0, 0.1) is 21.4 Å². The molecular formula is C14H19N5O2. The second-order valence-corrected chi connectivity index (χ2v) is 5.13. The van der Waals surface area contributed by atoms with Gasteiger partial charge in [0.2, 0.25) is 5.82 Å². The molecule has 7 heteroatoms. The van der Waals surface area contributed by atoms with Crippen LogP contribution in [0.3, 0.4) is 0 Å². The summed E-state index contributed by atoms with van der Waals surface area (Å²) in [5.74, 6) is 0.333. The SMILES string of the molecule is CNCCC1CCCCN1c1nccc(C#N)c1[N+](=O)[O-]. The third kappa shape index (κ3) is 3.28. The van der Waals surface area contributed by atoms with Gasteiger partial charge in [-0.3, -0.25) is 10.1 Å². The summed E-state index contributed by atoms with van der Waals surface area (Å²) in [6.07, 6.45) is 5.50. The fraction of sp³-hybridized carbons (Fsp3) is 0.571. The number of aromatic nitrogens is 1. The van der Waals surface area contributed by atoms with Crippen LogP contribution in [0.4, 0.5) is 11.5 Å². The third-order valence-electron chi connectivity index (χ3n) is 3.83. The Balaban J connectivity index is 2.38. The summed E-state index contributed by atoms with van der Waals surface area (Å²) < 4.78 is 0. The van der Waals surface area contributed by atoms with E-state index in [0.29, 0.717) is 5.82 Å². The van der Waals surface area contributed by atoms with Crippen LogP contribution in [0.25, 0.3) is 0 Å². The lowest BCUT2D eigenvalue weighted by molar-refractivity contribution is -0.384. The van der Waals surface area contributed by atoms with Crippen LogP contribution in [0.15, 0.2) is 12.3 Å². The first-order valence-electron chi connectivity index (χ1n) is 7.13. The quantitative estimate of drug-likeness (QED) is 0.656. The molecule has 1 saturated heterocycles. The highest BCUT2D eigenvalue weighted by Crippen LogP contribution is 2.33. The molecule has 1 aliphatic heterocycles. The summed E-state index contributed by atoms with van der Waals surface area (Å²) in [4.78, 5) is 17.0. The Morgan fingerprint density at radius 3 is 3.10 bits per heavy atom. The maximum atomic E-state index is 11.3. The molecule has 1 aliphatic rings. The molecule has 7 nitrogen and oxygen atoms in total. The van der Waals surface area contributed by atoms with Crippen LogP contribution in [-0.4, -0.2) is 36.1 Å². The normalized spacial score (nSPS) is 18.3. The molecule has 0 saturated carbocycles. The Kier molecular flexibility index (Phi) is 5.06. The van der Waals surface area contributed by atoms with Gasteiger partial charge < -0.3 is 10.2 Å². The number of anilines is 1. The van der Waals surface area contributed by atoms with E-state index in [0.717, 1.165) is 38.8 Å². The van der Waals surface area contributed by atoms with E-state index in [2.05, 4.69) is 10.3 Å². The number of hydrogen-bond acceptors (Lipinski definition) is 6. The molecule has 0 aromatic carbocycles. The van der Waals surface area contributed by atoms with E-state index >= 15 is 0 Å².